The first-order valence-corrected chi connectivity index (χ1v) is 7.15. The molecular formula is C16H13N3O5. The smallest absolute Gasteiger partial charge is 0.347 e. The number of nitrogens with zero attached hydrogens (tertiary/aromatic N) is 2. The third-order valence-electron chi connectivity index (χ3n) is 3.27. The second-order valence-corrected chi connectivity index (χ2v) is 4.88. The van der Waals surface area contributed by atoms with Crippen molar-refractivity contribution < 1.29 is 23.9 Å². The van der Waals surface area contributed by atoms with E-state index in [1.807, 2.05) is 13.0 Å². The molecule has 0 bridgehead atoms. The second kappa shape index (κ2) is 6.37. The van der Waals surface area contributed by atoms with Gasteiger partial charge in [0.25, 0.3) is 5.88 Å². The Morgan fingerprint density at radius 1 is 1.29 bits per heavy atom. The Morgan fingerprint density at radius 3 is 2.88 bits per heavy atom. The summed E-state index contributed by atoms with van der Waals surface area (Å²) < 4.78 is 11.6. The minimum Gasteiger partial charge on any atom is -0.417 e. The molecule has 0 saturated carbocycles. The van der Waals surface area contributed by atoms with Crippen LogP contribution in [0.25, 0.3) is 0 Å². The Bertz CT molecular complexity index is 853. The van der Waals surface area contributed by atoms with Crippen LogP contribution in [0.3, 0.4) is 0 Å². The predicted octanol–water partition coefficient (Wildman–Crippen LogP) is 1.27. The standard InChI is InChI=1S/C16H13N3O5/c1-2-11-8-12(3-5-17-11)18-19-6-4-13-15(19)24-14(21)7-10(9-20)16(22)23-13/h3-9H,2H2,1H3,(H,17,18)/b10-7-. The largest absolute Gasteiger partial charge is 0.417 e. The fourth-order valence-corrected chi connectivity index (χ4v) is 2.10. The molecule has 0 atom stereocenters. The van der Waals surface area contributed by atoms with Gasteiger partial charge in [-0.3, -0.25) is 15.2 Å². The van der Waals surface area contributed by atoms with E-state index < -0.39 is 17.5 Å². The highest BCUT2D eigenvalue weighted by Gasteiger charge is 2.24. The van der Waals surface area contributed by atoms with Crippen molar-refractivity contribution in [3.8, 4) is 11.6 Å². The highest BCUT2D eigenvalue weighted by Crippen LogP contribution is 2.31. The Hall–Kier alpha value is -3.42. The lowest BCUT2D eigenvalue weighted by molar-refractivity contribution is -0.135. The molecule has 3 heterocycles. The first kappa shape index (κ1) is 15.5. The van der Waals surface area contributed by atoms with Crippen LogP contribution >= 0.6 is 0 Å². The van der Waals surface area contributed by atoms with Crippen molar-refractivity contribution in [3.63, 3.8) is 0 Å². The molecule has 1 N–H and O–H groups in total. The number of nitrogens with one attached hydrogen (secondary N) is 1. The van der Waals surface area contributed by atoms with Gasteiger partial charge in [0.05, 0.1) is 5.69 Å². The number of carbonyl (C=O) groups is 3. The third-order valence-corrected chi connectivity index (χ3v) is 3.27. The van der Waals surface area contributed by atoms with Crippen LogP contribution in [-0.2, 0) is 20.8 Å². The molecule has 2 aromatic rings. The van der Waals surface area contributed by atoms with E-state index in [4.69, 9.17) is 9.47 Å². The Labute approximate surface area is 136 Å². The summed E-state index contributed by atoms with van der Waals surface area (Å²) in [4.78, 5) is 38.6. The number of esters is 2. The fraction of sp³-hybridized carbons (Fsp3) is 0.125. The Balaban J connectivity index is 1.92. The van der Waals surface area contributed by atoms with Gasteiger partial charge in [-0.25, -0.2) is 14.3 Å². The van der Waals surface area contributed by atoms with Crippen LogP contribution in [-0.4, -0.2) is 27.9 Å². The third kappa shape index (κ3) is 3.02. The number of pyridine rings is 1. The molecule has 24 heavy (non-hydrogen) atoms. The lowest BCUT2D eigenvalue weighted by Crippen LogP contribution is -2.21. The molecule has 0 aromatic carbocycles. The van der Waals surface area contributed by atoms with Crippen LogP contribution in [0, 0.1) is 0 Å². The number of hydrogen-bond acceptors (Lipinski definition) is 7. The van der Waals surface area contributed by atoms with Gasteiger partial charge in [-0.05, 0) is 18.6 Å². The first-order chi connectivity index (χ1) is 11.6. The molecule has 3 rings (SSSR count). The van der Waals surface area contributed by atoms with E-state index in [2.05, 4.69) is 10.4 Å². The zero-order valence-corrected chi connectivity index (χ0v) is 12.7. The number of fused-ring (bicyclic) bond motifs is 1. The van der Waals surface area contributed by atoms with Gasteiger partial charge in [0.1, 0.15) is 5.57 Å². The molecule has 0 radical (unpaired) electrons. The van der Waals surface area contributed by atoms with Crippen LogP contribution in [0.1, 0.15) is 12.6 Å². The molecule has 1 aliphatic heterocycles. The summed E-state index contributed by atoms with van der Waals surface area (Å²) in [6.45, 7) is 1.98. The van der Waals surface area contributed by atoms with E-state index in [1.54, 1.807) is 12.3 Å². The number of rotatable bonds is 4. The number of aromatic nitrogens is 2. The summed E-state index contributed by atoms with van der Waals surface area (Å²) in [5.41, 5.74) is 4.21. The SMILES string of the molecule is CCc1cc(Nn2ccc3c2OC(=O)/C=C(/C=O)C(=O)O3)ccn1. The quantitative estimate of drug-likeness (QED) is 0.513. The van der Waals surface area contributed by atoms with E-state index in [9.17, 15) is 14.4 Å². The zero-order valence-electron chi connectivity index (χ0n) is 12.7. The predicted molar refractivity (Wildman–Crippen MR) is 82.5 cm³/mol. The molecule has 1 aliphatic rings. The molecule has 0 amide bonds. The second-order valence-electron chi connectivity index (χ2n) is 4.88. The number of aryl methyl sites for hydroxylation is 1. The van der Waals surface area contributed by atoms with Crippen molar-refractivity contribution in [1.29, 1.82) is 0 Å². The van der Waals surface area contributed by atoms with E-state index >= 15 is 0 Å². The van der Waals surface area contributed by atoms with Crippen molar-refractivity contribution in [1.82, 2.24) is 9.66 Å². The highest BCUT2D eigenvalue weighted by atomic mass is 16.6. The van der Waals surface area contributed by atoms with Gasteiger partial charge in [-0.15, -0.1) is 0 Å². The highest BCUT2D eigenvalue weighted by molar-refractivity contribution is 6.13. The maximum absolute atomic E-state index is 11.8. The van der Waals surface area contributed by atoms with E-state index in [0.717, 1.165) is 18.2 Å². The molecule has 2 aromatic heterocycles. The minimum atomic E-state index is -0.919. The lowest BCUT2D eigenvalue weighted by atomic mass is 10.2. The average Bonchev–Trinajstić information content (AvgIpc) is 2.92. The molecule has 0 spiro atoms. The van der Waals surface area contributed by atoms with Crippen LogP contribution < -0.4 is 14.9 Å². The number of carbonyl (C=O) groups excluding carboxylic acids is 3. The van der Waals surface area contributed by atoms with Crippen molar-refractivity contribution in [2.75, 3.05) is 5.43 Å². The molecule has 8 heteroatoms. The van der Waals surface area contributed by atoms with Crippen LogP contribution in [0.15, 0.2) is 42.2 Å². The summed E-state index contributed by atoms with van der Waals surface area (Å²) in [5.74, 6) is -1.74. The summed E-state index contributed by atoms with van der Waals surface area (Å²) in [6.07, 6.45) is 4.98. The van der Waals surface area contributed by atoms with Gasteiger partial charge in [0, 0.05) is 30.2 Å². The molecule has 8 nitrogen and oxygen atoms in total. The molecule has 122 valence electrons. The number of ether oxygens (including phenoxy) is 2. The maximum Gasteiger partial charge on any atom is 0.347 e. The van der Waals surface area contributed by atoms with Gasteiger partial charge in [0.2, 0.25) is 0 Å². The van der Waals surface area contributed by atoms with Crippen LogP contribution in [0.2, 0.25) is 0 Å². The van der Waals surface area contributed by atoms with Gasteiger partial charge in [-0.2, -0.15) is 0 Å². The van der Waals surface area contributed by atoms with Crippen LogP contribution in [0.5, 0.6) is 11.6 Å². The maximum atomic E-state index is 11.8. The number of hydrogen-bond donors (Lipinski definition) is 1. The summed E-state index contributed by atoms with van der Waals surface area (Å²) in [6, 6.07) is 5.03. The van der Waals surface area contributed by atoms with E-state index in [-0.39, 0.29) is 17.9 Å². The van der Waals surface area contributed by atoms with Crippen molar-refractivity contribution in [3.05, 3.63) is 47.9 Å². The van der Waals surface area contributed by atoms with Gasteiger partial charge in [0.15, 0.2) is 12.0 Å². The van der Waals surface area contributed by atoms with Gasteiger partial charge < -0.3 is 9.47 Å². The van der Waals surface area contributed by atoms with Gasteiger partial charge >= 0.3 is 11.9 Å². The van der Waals surface area contributed by atoms with E-state index in [1.165, 1.54) is 16.9 Å². The van der Waals surface area contributed by atoms with E-state index in [0.29, 0.717) is 5.69 Å². The lowest BCUT2D eigenvalue weighted by Gasteiger charge is -2.14. The topological polar surface area (TPSA) is 99.5 Å². The molecule has 0 aliphatic carbocycles. The van der Waals surface area contributed by atoms with Crippen molar-refractivity contribution >= 4 is 23.9 Å². The molecule has 0 unspecified atom stereocenters. The monoisotopic (exact) mass is 327 g/mol. The number of anilines is 1. The van der Waals surface area contributed by atoms with Crippen molar-refractivity contribution in [2.45, 2.75) is 13.3 Å². The molecular weight excluding hydrogens is 314 g/mol. The number of aldehydes is 1. The molecule has 0 fully saturated rings. The Morgan fingerprint density at radius 2 is 2.12 bits per heavy atom. The fourth-order valence-electron chi connectivity index (χ4n) is 2.10. The minimum absolute atomic E-state index is 0.00408. The normalized spacial score (nSPS) is 16.0. The summed E-state index contributed by atoms with van der Waals surface area (Å²) >= 11 is 0. The first-order valence-electron chi connectivity index (χ1n) is 7.15. The van der Waals surface area contributed by atoms with Crippen LogP contribution in [0.4, 0.5) is 5.69 Å². The van der Waals surface area contributed by atoms with Gasteiger partial charge in [-0.1, -0.05) is 6.92 Å². The Kier molecular flexibility index (Phi) is 4.11. The summed E-state index contributed by atoms with van der Waals surface area (Å²) in [7, 11) is 0. The summed E-state index contributed by atoms with van der Waals surface area (Å²) in [5, 5.41) is 0. The average molecular weight is 327 g/mol. The van der Waals surface area contributed by atoms with Crippen molar-refractivity contribution in [2.24, 2.45) is 0 Å². The molecule has 0 saturated heterocycles. The zero-order chi connectivity index (χ0) is 17.1.